The molecule has 0 aliphatic carbocycles. The first-order valence-electron chi connectivity index (χ1n) is 8.91. The highest BCUT2D eigenvalue weighted by molar-refractivity contribution is 7.92. The van der Waals surface area contributed by atoms with Crippen molar-refractivity contribution < 1.29 is 21.6 Å². The number of anilines is 1. The van der Waals surface area contributed by atoms with Crippen LogP contribution in [0.4, 0.5) is 18.9 Å². The van der Waals surface area contributed by atoms with Crippen LogP contribution in [0.5, 0.6) is 0 Å². The average Bonchev–Trinajstić information content (AvgIpc) is 3.15. The maximum Gasteiger partial charge on any atom is 0.418 e. The zero-order valence-electron chi connectivity index (χ0n) is 15.5. The SMILES string of the molecule is CCCCc1cn(-c2cccc(S(=O)(=O)Nc3ccccc3C(F)(F)F)c2)nn1. The van der Waals surface area contributed by atoms with Crippen molar-refractivity contribution in [2.24, 2.45) is 0 Å². The molecule has 6 nitrogen and oxygen atoms in total. The first-order valence-corrected chi connectivity index (χ1v) is 10.4. The van der Waals surface area contributed by atoms with Crippen LogP contribution in [0, 0.1) is 0 Å². The van der Waals surface area contributed by atoms with E-state index in [2.05, 4.69) is 17.2 Å². The van der Waals surface area contributed by atoms with Crippen LogP contribution < -0.4 is 4.72 Å². The quantitative estimate of drug-likeness (QED) is 0.609. The number of unbranched alkanes of at least 4 members (excludes halogenated alkanes) is 1. The molecule has 1 aromatic heterocycles. The van der Waals surface area contributed by atoms with E-state index in [1.807, 2.05) is 4.72 Å². The normalized spacial score (nSPS) is 12.1. The van der Waals surface area contributed by atoms with E-state index in [1.54, 1.807) is 12.3 Å². The van der Waals surface area contributed by atoms with Gasteiger partial charge in [0.25, 0.3) is 10.0 Å². The van der Waals surface area contributed by atoms with E-state index in [9.17, 15) is 21.6 Å². The summed E-state index contributed by atoms with van der Waals surface area (Å²) in [6.45, 7) is 2.06. The second-order valence-corrected chi connectivity index (χ2v) is 8.09. The maximum atomic E-state index is 13.1. The summed E-state index contributed by atoms with van der Waals surface area (Å²) in [5, 5.41) is 8.05. The number of nitrogens with zero attached hydrogens (tertiary/aromatic N) is 3. The number of rotatable bonds is 7. The number of para-hydroxylation sites is 1. The fourth-order valence-corrected chi connectivity index (χ4v) is 3.83. The summed E-state index contributed by atoms with van der Waals surface area (Å²) in [6, 6.07) is 10.2. The zero-order valence-corrected chi connectivity index (χ0v) is 16.3. The summed E-state index contributed by atoms with van der Waals surface area (Å²) < 4.78 is 68.3. The van der Waals surface area contributed by atoms with E-state index >= 15 is 0 Å². The Balaban J connectivity index is 1.89. The highest BCUT2D eigenvalue weighted by Crippen LogP contribution is 2.35. The first-order chi connectivity index (χ1) is 13.7. The van der Waals surface area contributed by atoms with Gasteiger partial charge in [0.05, 0.1) is 33.7 Å². The Hall–Kier alpha value is -2.88. The highest BCUT2D eigenvalue weighted by Gasteiger charge is 2.34. The molecule has 0 bridgehead atoms. The lowest BCUT2D eigenvalue weighted by molar-refractivity contribution is -0.136. The molecule has 0 unspecified atom stereocenters. The number of sulfonamides is 1. The molecule has 1 N–H and O–H groups in total. The predicted molar refractivity (Wildman–Crippen MR) is 102 cm³/mol. The molecule has 0 saturated heterocycles. The molecule has 10 heteroatoms. The first kappa shape index (κ1) is 20.8. The van der Waals surface area contributed by atoms with Crippen LogP contribution >= 0.6 is 0 Å². The predicted octanol–water partition coefficient (Wildman–Crippen LogP) is 4.43. The van der Waals surface area contributed by atoms with Crippen molar-refractivity contribution in [3.05, 3.63) is 66.0 Å². The molecule has 0 radical (unpaired) electrons. The number of alkyl halides is 3. The summed E-state index contributed by atoms with van der Waals surface area (Å²) in [5.74, 6) is 0. The largest absolute Gasteiger partial charge is 0.418 e. The maximum absolute atomic E-state index is 13.1. The molecule has 0 aliphatic heterocycles. The topological polar surface area (TPSA) is 76.9 Å². The van der Waals surface area contributed by atoms with Crippen molar-refractivity contribution in [2.45, 2.75) is 37.3 Å². The van der Waals surface area contributed by atoms with E-state index in [0.717, 1.165) is 37.1 Å². The molecule has 3 rings (SSSR count). The van der Waals surface area contributed by atoms with Crippen LogP contribution in [0.2, 0.25) is 0 Å². The van der Waals surface area contributed by atoms with Crippen molar-refractivity contribution >= 4 is 15.7 Å². The molecule has 0 amide bonds. The van der Waals surface area contributed by atoms with Crippen LogP contribution in [0.15, 0.2) is 59.6 Å². The molecule has 154 valence electrons. The monoisotopic (exact) mass is 424 g/mol. The fourth-order valence-electron chi connectivity index (χ4n) is 2.71. The number of hydrogen-bond donors (Lipinski definition) is 1. The van der Waals surface area contributed by atoms with Crippen LogP contribution in [0.3, 0.4) is 0 Å². The van der Waals surface area contributed by atoms with E-state index in [-0.39, 0.29) is 4.90 Å². The minimum atomic E-state index is -4.68. The van der Waals surface area contributed by atoms with Gasteiger partial charge in [0, 0.05) is 0 Å². The smallest absolute Gasteiger partial charge is 0.279 e. The molecule has 0 aliphatic rings. The minimum absolute atomic E-state index is 0.183. The molecule has 0 fully saturated rings. The lowest BCUT2D eigenvalue weighted by atomic mass is 10.2. The molecule has 1 heterocycles. The molecular weight excluding hydrogens is 405 g/mol. The fraction of sp³-hybridized carbons (Fsp3) is 0.263. The third-order valence-electron chi connectivity index (χ3n) is 4.20. The molecule has 29 heavy (non-hydrogen) atoms. The number of benzene rings is 2. The van der Waals surface area contributed by atoms with Crippen molar-refractivity contribution in [3.63, 3.8) is 0 Å². The van der Waals surface area contributed by atoms with E-state index < -0.39 is 27.5 Å². The van der Waals surface area contributed by atoms with Gasteiger partial charge >= 0.3 is 6.18 Å². The summed E-state index contributed by atoms with van der Waals surface area (Å²) in [6.07, 6.45) is -0.268. The van der Waals surface area contributed by atoms with E-state index in [0.29, 0.717) is 5.69 Å². The second-order valence-electron chi connectivity index (χ2n) is 6.40. The van der Waals surface area contributed by atoms with Crippen molar-refractivity contribution in [1.82, 2.24) is 15.0 Å². The van der Waals surface area contributed by atoms with Gasteiger partial charge in [-0.3, -0.25) is 4.72 Å². The van der Waals surface area contributed by atoms with Crippen LogP contribution in [0.25, 0.3) is 5.69 Å². The van der Waals surface area contributed by atoms with Gasteiger partial charge in [0.15, 0.2) is 0 Å². The van der Waals surface area contributed by atoms with Crippen molar-refractivity contribution in [1.29, 1.82) is 0 Å². The molecule has 0 saturated carbocycles. The molecule has 0 spiro atoms. The molecule has 3 aromatic rings. The molecular formula is C19H19F3N4O2S. The number of aryl methyl sites for hydroxylation is 1. The van der Waals surface area contributed by atoms with Gasteiger partial charge in [-0.15, -0.1) is 5.10 Å². The van der Waals surface area contributed by atoms with Crippen LogP contribution in [-0.4, -0.2) is 23.4 Å². The van der Waals surface area contributed by atoms with Crippen LogP contribution in [-0.2, 0) is 22.6 Å². The number of nitrogens with one attached hydrogen (secondary N) is 1. The van der Waals surface area contributed by atoms with Crippen molar-refractivity contribution in [3.8, 4) is 5.69 Å². The Kier molecular flexibility index (Phi) is 5.92. The van der Waals surface area contributed by atoms with Gasteiger partial charge in [-0.25, -0.2) is 13.1 Å². The van der Waals surface area contributed by atoms with E-state index in [4.69, 9.17) is 0 Å². The van der Waals surface area contributed by atoms with Gasteiger partial charge in [0.1, 0.15) is 0 Å². The van der Waals surface area contributed by atoms with Crippen molar-refractivity contribution in [2.75, 3.05) is 4.72 Å². The van der Waals surface area contributed by atoms with Gasteiger partial charge in [-0.05, 0) is 43.2 Å². The standard InChI is InChI=1S/C19H19F3N4O2S/c1-2-3-7-14-13-26(25-23-14)15-8-6-9-16(12-15)29(27,28)24-18-11-5-4-10-17(18)19(20,21)22/h4-6,8-13,24H,2-3,7H2,1H3. The van der Waals surface area contributed by atoms with E-state index in [1.165, 1.54) is 35.0 Å². The molecule has 0 atom stereocenters. The highest BCUT2D eigenvalue weighted by atomic mass is 32.2. The number of aromatic nitrogens is 3. The third kappa shape index (κ3) is 4.94. The van der Waals surface area contributed by atoms with Crippen LogP contribution in [0.1, 0.15) is 31.0 Å². The Labute approximate surface area is 166 Å². The Morgan fingerprint density at radius 1 is 1.10 bits per heavy atom. The van der Waals surface area contributed by atoms with Gasteiger partial charge < -0.3 is 0 Å². The second kappa shape index (κ2) is 8.24. The van der Waals surface area contributed by atoms with Gasteiger partial charge in [-0.1, -0.05) is 36.8 Å². The Morgan fingerprint density at radius 2 is 1.86 bits per heavy atom. The number of hydrogen-bond acceptors (Lipinski definition) is 4. The Morgan fingerprint density at radius 3 is 2.59 bits per heavy atom. The lowest BCUT2D eigenvalue weighted by Gasteiger charge is -2.15. The zero-order chi connectivity index (χ0) is 21.1. The average molecular weight is 424 g/mol. The minimum Gasteiger partial charge on any atom is -0.279 e. The summed E-state index contributed by atoms with van der Waals surface area (Å²) in [7, 11) is -4.25. The van der Waals surface area contributed by atoms with Gasteiger partial charge in [0.2, 0.25) is 0 Å². The third-order valence-corrected chi connectivity index (χ3v) is 5.56. The number of halogens is 3. The summed E-state index contributed by atoms with van der Waals surface area (Å²) in [5.41, 5.74) is -0.380. The summed E-state index contributed by atoms with van der Waals surface area (Å²) in [4.78, 5) is -0.183. The lowest BCUT2D eigenvalue weighted by Crippen LogP contribution is -2.17. The van der Waals surface area contributed by atoms with Gasteiger partial charge in [-0.2, -0.15) is 13.2 Å². The molecule has 2 aromatic carbocycles. The Bertz CT molecular complexity index is 1090. The summed E-state index contributed by atoms with van der Waals surface area (Å²) >= 11 is 0.